The van der Waals surface area contributed by atoms with E-state index in [2.05, 4.69) is 9.98 Å². The fourth-order valence-electron chi connectivity index (χ4n) is 1.81. The van der Waals surface area contributed by atoms with E-state index >= 15 is 0 Å². The molecule has 0 bridgehead atoms. The molecule has 0 spiro atoms. The molecule has 1 aromatic carbocycles. The molecule has 2 rings (SSSR count). The van der Waals surface area contributed by atoms with Crippen LogP contribution in [0.1, 0.15) is 12.0 Å². The third kappa shape index (κ3) is 3.00. The van der Waals surface area contributed by atoms with E-state index in [1.165, 1.54) is 0 Å². The van der Waals surface area contributed by atoms with Gasteiger partial charge >= 0.3 is 12.3 Å². The molecule has 0 aliphatic carbocycles. The van der Waals surface area contributed by atoms with Crippen molar-refractivity contribution >= 4 is 11.4 Å². The lowest BCUT2D eigenvalue weighted by atomic mass is 10.0. The first-order valence-electron chi connectivity index (χ1n) is 5.80. The van der Waals surface area contributed by atoms with Gasteiger partial charge in [0, 0.05) is 12.1 Å². The van der Waals surface area contributed by atoms with Crippen molar-refractivity contribution in [3.8, 4) is 0 Å². The Labute approximate surface area is 107 Å². The van der Waals surface area contributed by atoms with Gasteiger partial charge in [-0.3, -0.25) is 9.98 Å². The van der Waals surface area contributed by atoms with Crippen LogP contribution < -0.4 is 0 Å². The van der Waals surface area contributed by atoms with Crippen LogP contribution in [-0.4, -0.2) is 36.9 Å². The van der Waals surface area contributed by atoms with Crippen LogP contribution in [0.15, 0.2) is 40.3 Å². The second-order valence-electron chi connectivity index (χ2n) is 4.12. The molecule has 0 N–H and O–H groups in total. The summed E-state index contributed by atoms with van der Waals surface area (Å²) in [6, 6.07) is 8.68. The van der Waals surface area contributed by atoms with Crippen LogP contribution in [0.5, 0.6) is 0 Å². The number of alkyl halides is 4. The Bertz CT molecular complexity index is 495. The van der Waals surface area contributed by atoms with Gasteiger partial charge in [0.1, 0.15) is 0 Å². The molecule has 2 nitrogen and oxygen atoms in total. The molecular formula is C13H12F4N2. The molecule has 0 atom stereocenters. The van der Waals surface area contributed by atoms with Crippen molar-refractivity contribution in [3.63, 3.8) is 0 Å². The maximum absolute atomic E-state index is 13.4. The summed E-state index contributed by atoms with van der Waals surface area (Å²) in [5.41, 5.74) is 0.238. The molecular weight excluding hydrogens is 260 g/mol. The van der Waals surface area contributed by atoms with Gasteiger partial charge < -0.3 is 0 Å². The Morgan fingerprint density at radius 1 is 1.00 bits per heavy atom. The zero-order valence-corrected chi connectivity index (χ0v) is 9.99. The molecule has 1 aliphatic rings. The van der Waals surface area contributed by atoms with E-state index in [-0.39, 0.29) is 19.5 Å². The Morgan fingerprint density at radius 2 is 1.63 bits per heavy atom. The number of rotatable bonds is 3. The lowest BCUT2D eigenvalue weighted by Crippen LogP contribution is -2.37. The van der Waals surface area contributed by atoms with Crippen molar-refractivity contribution in [3.05, 3.63) is 35.9 Å². The van der Waals surface area contributed by atoms with Crippen molar-refractivity contribution in [1.29, 1.82) is 0 Å². The van der Waals surface area contributed by atoms with E-state index in [4.69, 9.17) is 0 Å². The molecule has 1 aliphatic heterocycles. The number of benzene rings is 1. The van der Waals surface area contributed by atoms with Crippen LogP contribution in [0, 0.1) is 0 Å². The normalized spacial score (nSPS) is 16.9. The molecule has 0 radical (unpaired) electrons. The second-order valence-corrected chi connectivity index (χ2v) is 4.12. The molecule has 1 aromatic rings. The summed E-state index contributed by atoms with van der Waals surface area (Å²) in [7, 11) is 0. The average Bonchev–Trinajstić information content (AvgIpc) is 2.65. The van der Waals surface area contributed by atoms with Gasteiger partial charge in [0.15, 0.2) is 0 Å². The van der Waals surface area contributed by atoms with E-state index in [0.717, 1.165) is 0 Å². The lowest BCUT2D eigenvalue weighted by Gasteiger charge is -2.17. The highest BCUT2D eigenvalue weighted by molar-refractivity contribution is 6.14. The van der Waals surface area contributed by atoms with Crippen LogP contribution in [0.4, 0.5) is 17.6 Å². The molecule has 0 aromatic heterocycles. The summed E-state index contributed by atoms with van der Waals surface area (Å²) < 4.78 is 51.5. The number of aliphatic imine (C=N–C) groups is 2. The van der Waals surface area contributed by atoms with Crippen LogP contribution >= 0.6 is 0 Å². The fourth-order valence-corrected chi connectivity index (χ4v) is 1.81. The largest absolute Gasteiger partial charge is 0.345 e. The zero-order chi connectivity index (χ0) is 13.9. The van der Waals surface area contributed by atoms with Crippen molar-refractivity contribution in [2.45, 2.75) is 18.8 Å². The number of hydrogen-bond acceptors (Lipinski definition) is 2. The molecule has 0 saturated heterocycles. The predicted octanol–water partition coefficient (Wildman–Crippen LogP) is 3.22. The highest BCUT2D eigenvalue weighted by Crippen LogP contribution is 2.28. The molecule has 6 heteroatoms. The summed E-state index contributed by atoms with van der Waals surface area (Å²) in [6.07, 6.45) is -4.09. The van der Waals surface area contributed by atoms with Crippen molar-refractivity contribution in [2.75, 3.05) is 13.1 Å². The lowest BCUT2D eigenvalue weighted by molar-refractivity contribution is -0.0758. The van der Waals surface area contributed by atoms with E-state index in [1.807, 2.05) is 0 Å². The number of halogens is 4. The van der Waals surface area contributed by atoms with Crippen molar-refractivity contribution in [2.24, 2.45) is 9.98 Å². The minimum Gasteiger partial charge on any atom is -0.287 e. The first-order valence-corrected chi connectivity index (χ1v) is 5.80. The number of hydrogen-bond donors (Lipinski definition) is 0. The van der Waals surface area contributed by atoms with Gasteiger partial charge in [-0.05, 0) is 5.56 Å². The first-order chi connectivity index (χ1) is 9.01. The minimum absolute atomic E-state index is 0.00791. The van der Waals surface area contributed by atoms with Gasteiger partial charge in [-0.15, -0.1) is 0 Å². The monoisotopic (exact) mass is 272 g/mol. The summed E-state index contributed by atoms with van der Waals surface area (Å²) >= 11 is 0. The standard InChI is InChI=1S/C13H12F4N2/c14-12(15)13(16,17)11-8-10(18-6-7-19-11)9-4-2-1-3-5-9/h1-5,12H,6-8H2. The molecule has 0 fully saturated rings. The Hall–Kier alpha value is -1.72. The Kier molecular flexibility index (Phi) is 3.97. The molecule has 1 heterocycles. The summed E-state index contributed by atoms with van der Waals surface area (Å²) in [6.45, 7) is 0.237. The quantitative estimate of drug-likeness (QED) is 0.755. The van der Waals surface area contributed by atoms with Gasteiger partial charge in [0.25, 0.3) is 0 Å². The molecule has 0 unspecified atom stereocenters. The van der Waals surface area contributed by atoms with E-state index in [0.29, 0.717) is 11.3 Å². The highest BCUT2D eigenvalue weighted by Gasteiger charge is 2.46. The third-order valence-corrected chi connectivity index (χ3v) is 2.81. The van der Waals surface area contributed by atoms with Gasteiger partial charge in [-0.2, -0.15) is 8.78 Å². The molecule has 102 valence electrons. The van der Waals surface area contributed by atoms with E-state index in [1.54, 1.807) is 30.3 Å². The van der Waals surface area contributed by atoms with Crippen LogP contribution in [-0.2, 0) is 0 Å². The van der Waals surface area contributed by atoms with Gasteiger partial charge in [0.05, 0.1) is 18.8 Å². The zero-order valence-electron chi connectivity index (χ0n) is 9.99. The number of nitrogens with zero attached hydrogens (tertiary/aromatic N) is 2. The second kappa shape index (κ2) is 5.50. The van der Waals surface area contributed by atoms with Gasteiger partial charge in [-0.25, -0.2) is 8.78 Å². The summed E-state index contributed by atoms with van der Waals surface area (Å²) in [5.74, 6) is -4.19. The first kappa shape index (κ1) is 13.7. The minimum atomic E-state index is -4.19. The average molecular weight is 272 g/mol. The summed E-state index contributed by atoms with van der Waals surface area (Å²) in [4.78, 5) is 7.70. The molecule has 19 heavy (non-hydrogen) atoms. The van der Waals surface area contributed by atoms with Crippen molar-refractivity contribution in [1.82, 2.24) is 0 Å². The molecule has 0 amide bonds. The highest BCUT2D eigenvalue weighted by atomic mass is 19.3. The summed E-state index contributed by atoms with van der Waals surface area (Å²) in [5, 5.41) is 0. The topological polar surface area (TPSA) is 24.7 Å². The van der Waals surface area contributed by atoms with Crippen LogP contribution in [0.3, 0.4) is 0 Å². The third-order valence-electron chi connectivity index (χ3n) is 2.81. The van der Waals surface area contributed by atoms with Gasteiger partial charge in [0.2, 0.25) is 0 Å². The van der Waals surface area contributed by atoms with Crippen LogP contribution in [0.25, 0.3) is 0 Å². The predicted molar refractivity (Wildman–Crippen MR) is 65.7 cm³/mol. The Balaban J connectivity index is 2.27. The SMILES string of the molecule is FC(F)C(F)(F)C1=NCCN=C(c2ccccc2)C1. The fraction of sp³-hybridized carbons (Fsp3) is 0.385. The maximum Gasteiger partial charge on any atom is 0.345 e. The van der Waals surface area contributed by atoms with Crippen molar-refractivity contribution < 1.29 is 17.6 Å². The van der Waals surface area contributed by atoms with Gasteiger partial charge in [-0.1, -0.05) is 30.3 Å². The van der Waals surface area contributed by atoms with Crippen LogP contribution in [0.2, 0.25) is 0 Å². The Morgan fingerprint density at radius 3 is 2.26 bits per heavy atom. The van der Waals surface area contributed by atoms with E-state index in [9.17, 15) is 17.6 Å². The van der Waals surface area contributed by atoms with E-state index < -0.39 is 18.1 Å². The molecule has 0 saturated carbocycles. The smallest absolute Gasteiger partial charge is 0.287 e. The maximum atomic E-state index is 13.4.